The molecule has 0 saturated carbocycles. The van der Waals surface area contributed by atoms with Crippen LogP contribution in [-0.2, 0) is 4.74 Å². The molecule has 1 fully saturated rings. The molecule has 7 nitrogen and oxygen atoms in total. The van der Waals surface area contributed by atoms with E-state index in [-0.39, 0.29) is 37.5 Å². The molecule has 3 rings (SSSR count). The predicted octanol–water partition coefficient (Wildman–Crippen LogP) is 0.657. The Labute approximate surface area is 173 Å². The summed E-state index contributed by atoms with van der Waals surface area (Å²) in [6.45, 7) is 6.37. The van der Waals surface area contributed by atoms with Crippen molar-refractivity contribution in [2.24, 2.45) is 0 Å². The van der Waals surface area contributed by atoms with Gasteiger partial charge in [-0.1, -0.05) is 12.1 Å². The van der Waals surface area contributed by atoms with E-state index in [4.69, 9.17) is 19.3 Å². The largest absolute Gasteiger partial charge is 0.486 e. The third kappa shape index (κ3) is 7.62. The van der Waals surface area contributed by atoms with Crippen molar-refractivity contribution in [2.75, 3.05) is 65.7 Å². The molecule has 27 heavy (non-hydrogen) atoms. The molecule has 0 radical (unpaired) electrons. The van der Waals surface area contributed by atoms with Gasteiger partial charge in [-0.3, -0.25) is 9.80 Å². The highest BCUT2D eigenvalue weighted by molar-refractivity contribution is 5.85. The molecule has 0 aromatic heterocycles. The van der Waals surface area contributed by atoms with Gasteiger partial charge in [-0.2, -0.15) is 0 Å². The Hall–Kier alpha value is -0.800. The molecule has 1 aromatic rings. The molecule has 2 aliphatic heterocycles. The highest BCUT2D eigenvalue weighted by Gasteiger charge is 2.22. The molecule has 2 N–H and O–H groups in total. The van der Waals surface area contributed by atoms with Gasteiger partial charge in [0.15, 0.2) is 17.6 Å². The van der Waals surface area contributed by atoms with Crippen LogP contribution in [0.2, 0.25) is 0 Å². The molecule has 0 spiro atoms. The minimum absolute atomic E-state index is 0. The summed E-state index contributed by atoms with van der Waals surface area (Å²) in [6, 6.07) is 7.59. The van der Waals surface area contributed by atoms with Crippen LogP contribution >= 0.6 is 24.8 Å². The van der Waals surface area contributed by atoms with Gasteiger partial charge in [-0.15, -0.1) is 24.8 Å². The lowest BCUT2D eigenvalue weighted by atomic mass is 10.2. The number of aliphatic hydroxyl groups excluding tert-OH is 2. The Balaban J connectivity index is 0.00000182. The molecule has 2 heterocycles. The van der Waals surface area contributed by atoms with Crippen molar-refractivity contribution < 1.29 is 24.4 Å². The number of benzene rings is 1. The van der Waals surface area contributed by atoms with Gasteiger partial charge in [0.2, 0.25) is 0 Å². The summed E-state index contributed by atoms with van der Waals surface area (Å²) < 4.78 is 17.1. The number of ether oxygens (including phenoxy) is 3. The van der Waals surface area contributed by atoms with E-state index in [0.717, 1.165) is 44.2 Å². The molecule has 9 heteroatoms. The number of para-hydroxylation sites is 2. The van der Waals surface area contributed by atoms with Crippen molar-refractivity contribution in [3.8, 4) is 11.5 Å². The number of fused-ring (bicyclic) bond motifs is 1. The summed E-state index contributed by atoms with van der Waals surface area (Å²) in [5.74, 6) is 1.50. The monoisotopic (exact) mass is 424 g/mol. The maximum absolute atomic E-state index is 10.2. The van der Waals surface area contributed by atoms with Gasteiger partial charge in [-0.25, -0.2) is 0 Å². The minimum Gasteiger partial charge on any atom is -0.486 e. The third-order valence-corrected chi connectivity index (χ3v) is 4.53. The van der Waals surface area contributed by atoms with E-state index in [9.17, 15) is 5.11 Å². The van der Waals surface area contributed by atoms with Crippen LogP contribution in [0.25, 0.3) is 0 Å². The van der Waals surface area contributed by atoms with E-state index in [1.54, 1.807) is 0 Å². The molecule has 2 aliphatic rings. The Kier molecular flexibility index (Phi) is 11.3. The van der Waals surface area contributed by atoms with Crippen LogP contribution in [0.4, 0.5) is 0 Å². The first kappa shape index (κ1) is 24.2. The van der Waals surface area contributed by atoms with E-state index in [0.29, 0.717) is 26.4 Å². The van der Waals surface area contributed by atoms with Gasteiger partial charge in [0.1, 0.15) is 6.61 Å². The fourth-order valence-corrected chi connectivity index (χ4v) is 3.17. The second kappa shape index (κ2) is 12.6. The van der Waals surface area contributed by atoms with E-state index in [1.165, 1.54) is 0 Å². The van der Waals surface area contributed by atoms with E-state index in [2.05, 4.69) is 9.80 Å². The highest BCUT2D eigenvalue weighted by atomic mass is 35.5. The standard InChI is InChI=1S/C18H28N2O5.2ClH/c21-10-9-19-5-7-20(8-6-19)11-15(22)12-23-13-16-14-24-17-3-1-2-4-18(17)25-16;;/h1-4,15-16,21-22H,5-14H2;2*1H. The second-order valence-corrected chi connectivity index (χ2v) is 6.55. The summed E-state index contributed by atoms with van der Waals surface area (Å²) in [5.41, 5.74) is 0. The van der Waals surface area contributed by atoms with Crippen molar-refractivity contribution in [3.63, 3.8) is 0 Å². The number of rotatable bonds is 8. The molecule has 1 aromatic carbocycles. The smallest absolute Gasteiger partial charge is 0.161 e. The fourth-order valence-electron chi connectivity index (χ4n) is 3.17. The van der Waals surface area contributed by atoms with Crippen LogP contribution in [0.1, 0.15) is 0 Å². The molecule has 0 bridgehead atoms. The maximum Gasteiger partial charge on any atom is 0.161 e. The number of hydrogen-bond acceptors (Lipinski definition) is 7. The number of hydrogen-bond donors (Lipinski definition) is 2. The predicted molar refractivity (Wildman–Crippen MR) is 108 cm³/mol. The molecule has 2 unspecified atom stereocenters. The zero-order valence-electron chi connectivity index (χ0n) is 15.4. The molecule has 2 atom stereocenters. The summed E-state index contributed by atoms with van der Waals surface area (Å²) in [4.78, 5) is 4.47. The Morgan fingerprint density at radius 1 is 1.07 bits per heavy atom. The highest BCUT2D eigenvalue weighted by Crippen LogP contribution is 2.30. The van der Waals surface area contributed by atoms with Crippen molar-refractivity contribution in [1.29, 1.82) is 0 Å². The van der Waals surface area contributed by atoms with Crippen molar-refractivity contribution in [1.82, 2.24) is 9.80 Å². The molecule has 0 aliphatic carbocycles. The normalized spacial score (nSPS) is 21.0. The van der Waals surface area contributed by atoms with Gasteiger partial charge in [0, 0.05) is 39.3 Å². The first-order valence-electron chi connectivity index (χ1n) is 8.94. The topological polar surface area (TPSA) is 74.6 Å². The van der Waals surface area contributed by atoms with Gasteiger partial charge in [-0.05, 0) is 12.1 Å². The lowest BCUT2D eigenvalue weighted by Gasteiger charge is -2.35. The number of piperazine rings is 1. The quantitative estimate of drug-likeness (QED) is 0.634. The Bertz CT molecular complexity index is 532. The van der Waals surface area contributed by atoms with Crippen LogP contribution in [0, 0.1) is 0 Å². The van der Waals surface area contributed by atoms with Crippen molar-refractivity contribution in [3.05, 3.63) is 24.3 Å². The number of β-amino-alcohol motifs (C(OH)–C–C–N with tert-alkyl or cyclic N) is 2. The zero-order valence-corrected chi connectivity index (χ0v) is 17.0. The second-order valence-electron chi connectivity index (χ2n) is 6.55. The van der Waals surface area contributed by atoms with Crippen LogP contribution in [0.15, 0.2) is 24.3 Å². The van der Waals surface area contributed by atoms with E-state index >= 15 is 0 Å². The lowest BCUT2D eigenvalue weighted by Crippen LogP contribution is -2.49. The zero-order chi connectivity index (χ0) is 17.5. The van der Waals surface area contributed by atoms with Gasteiger partial charge < -0.3 is 24.4 Å². The maximum atomic E-state index is 10.2. The first-order valence-corrected chi connectivity index (χ1v) is 8.94. The molecule has 0 amide bonds. The Morgan fingerprint density at radius 3 is 2.44 bits per heavy atom. The summed E-state index contributed by atoms with van der Waals surface area (Å²) in [7, 11) is 0. The average molecular weight is 425 g/mol. The molecule has 156 valence electrons. The molecular formula is C18H30Cl2N2O5. The number of nitrogens with zero attached hydrogens (tertiary/aromatic N) is 2. The van der Waals surface area contributed by atoms with Crippen LogP contribution in [-0.4, -0.2) is 97.9 Å². The summed E-state index contributed by atoms with van der Waals surface area (Å²) in [6.07, 6.45) is -0.662. The van der Waals surface area contributed by atoms with Gasteiger partial charge in [0.05, 0.1) is 25.9 Å². The Morgan fingerprint density at radius 2 is 1.74 bits per heavy atom. The SMILES string of the molecule is Cl.Cl.OCCN1CCN(CC(O)COCC2COc3ccccc3O2)CC1. The third-order valence-electron chi connectivity index (χ3n) is 4.53. The summed E-state index contributed by atoms with van der Waals surface area (Å²) >= 11 is 0. The minimum atomic E-state index is -0.513. The molecular weight excluding hydrogens is 395 g/mol. The average Bonchev–Trinajstić information content (AvgIpc) is 2.63. The van der Waals surface area contributed by atoms with E-state index in [1.807, 2.05) is 24.3 Å². The van der Waals surface area contributed by atoms with Crippen LogP contribution in [0.3, 0.4) is 0 Å². The van der Waals surface area contributed by atoms with E-state index < -0.39 is 6.10 Å². The number of aliphatic hydroxyl groups is 2. The van der Waals surface area contributed by atoms with Crippen LogP contribution in [0.5, 0.6) is 11.5 Å². The van der Waals surface area contributed by atoms with Gasteiger partial charge >= 0.3 is 0 Å². The summed E-state index contributed by atoms with van der Waals surface area (Å²) in [5, 5.41) is 19.1. The fraction of sp³-hybridized carbons (Fsp3) is 0.667. The van der Waals surface area contributed by atoms with Crippen molar-refractivity contribution in [2.45, 2.75) is 12.2 Å². The first-order chi connectivity index (χ1) is 12.2. The van der Waals surface area contributed by atoms with Gasteiger partial charge in [0.25, 0.3) is 0 Å². The number of halogens is 2. The van der Waals surface area contributed by atoms with Crippen LogP contribution < -0.4 is 9.47 Å². The molecule has 1 saturated heterocycles. The lowest BCUT2D eigenvalue weighted by molar-refractivity contribution is -0.0322. The van der Waals surface area contributed by atoms with Crippen molar-refractivity contribution >= 4 is 24.8 Å².